The molecule has 9 heteroatoms. The summed E-state index contributed by atoms with van der Waals surface area (Å²) < 4.78 is 0. The lowest BCUT2D eigenvalue weighted by Crippen LogP contribution is -2.36. The molecule has 0 amide bonds. The third kappa shape index (κ3) is 6.85. The third-order valence-electron chi connectivity index (χ3n) is 2.74. The van der Waals surface area contributed by atoms with Crippen LogP contribution in [0.25, 0.3) is 0 Å². The molecule has 0 aliphatic rings. The number of nitrogens with one attached hydrogen (secondary N) is 2. The van der Waals surface area contributed by atoms with Crippen LogP contribution < -0.4 is 27.9 Å². The van der Waals surface area contributed by atoms with Gasteiger partial charge >= 0.3 is 0 Å². The lowest BCUT2D eigenvalue weighted by molar-refractivity contribution is -0.525. The van der Waals surface area contributed by atoms with Crippen molar-refractivity contribution in [1.29, 1.82) is 0 Å². The Labute approximate surface area is 122 Å². The van der Waals surface area contributed by atoms with Gasteiger partial charge in [-0.2, -0.15) is 0 Å². The van der Waals surface area contributed by atoms with Crippen molar-refractivity contribution in [3.63, 3.8) is 0 Å². The summed E-state index contributed by atoms with van der Waals surface area (Å²) in [7, 11) is 0. The molecule has 21 heavy (non-hydrogen) atoms. The van der Waals surface area contributed by atoms with Crippen LogP contribution in [0.3, 0.4) is 0 Å². The number of benzene rings is 1. The quantitative estimate of drug-likeness (QED) is 0.117. The maximum atomic E-state index is 10.1. The standard InChI is InChI=1S/C12H21N7O2/c13-10-5-4-9(8-11(10)14)16-6-2-1-3-7-17-12(15)18-19(20)21/h4-5,8,16H,1-3,6-7,13-14H2,(H3,15,17,18). The topological polar surface area (TPSA) is 158 Å². The highest BCUT2D eigenvalue weighted by molar-refractivity contribution is 5.76. The van der Waals surface area contributed by atoms with Crippen LogP contribution in [0.15, 0.2) is 23.2 Å². The van der Waals surface area contributed by atoms with Crippen LogP contribution in [0.4, 0.5) is 17.1 Å². The van der Waals surface area contributed by atoms with E-state index >= 15 is 0 Å². The minimum absolute atomic E-state index is 0.171. The number of rotatable bonds is 8. The predicted molar refractivity (Wildman–Crippen MR) is 84.2 cm³/mol. The first kappa shape index (κ1) is 16.3. The first-order valence-corrected chi connectivity index (χ1v) is 6.59. The second-order valence-electron chi connectivity index (χ2n) is 4.47. The van der Waals surface area contributed by atoms with Gasteiger partial charge in [-0.1, -0.05) is 5.43 Å². The maximum absolute atomic E-state index is 10.1. The number of nitrogen functional groups attached to an aromatic ring is 2. The summed E-state index contributed by atoms with van der Waals surface area (Å²) >= 11 is 0. The lowest BCUT2D eigenvalue weighted by Gasteiger charge is -2.08. The van der Waals surface area contributed by atoms with Gasteiger partial charge in [0.05, 0.1) is 11.4 Å². The zero-order valence-electron chi connectivity index (χ0n) is 11.7. The van der Waals surface area contributed by atoms with E-state index in [-0.39, 0.29) is 5.96 Å². The average molecular weight is 295 g/mol. The Morgan fingerprint density at radius 3 is 2.67 bits per heavy atom. The molecule has 1 aromatic rings. The van der Waals surface area contributed by atoms with Crippen molar-refractivity contribution >= 4 is 23.0 Å². The van der Waals surface area contributed by atoms with Crippen molar-refractivity contribution in [3.05, 3.63) is 28.3 Å². The number of hydrogen-bond acceptors (Lipinski definition) is 6. The minimum atomic E-state index is -0.735. The Bertz CT molecular complexity index is 504. The first-order valence-electron chi connectivity index (χ1n) is 6.59. The Kier molecular flexibility index (Phi) is 6.58. The molecule has 0 saturated carbocycles. The van der Waals surface area contributed by atoms with Crippen molar-refractivity contribution in [2.45, 2.75) is 19.3 Å². The number of anilines is 3. The molecule has 116 valence electrons. The Balaban J connectivity index is 2.12. The SMILES string of the molecule is NC(=NCCCCCNc1ccc(N)c(N)c1)N[N+](=O)[O-]. The van der Waals surface area contributed by atoms with Gasteiger partial charge in [0.2, 0.25) is 0 Å². The monoisotopic (exact) mass is 295 g/mol. The highest BCUT2D eigenvalue weighted by Gasteiger charge is 1.98. The molecular formula is C12H21N7O2. The molecule has 0 bridgehead atoms. The van der Waals surface area contributed by atoms with Crippen LogP contribution in [-0.2, 0) is 0 Å². The number of aliphatic imine (C=N–C) groups is 1. The fourth-order valence-electron chi connectivity index (χ4n) is 1.66. The highest BCUT2D eigenvalue weighted by atomic mass is 16.7. The molecule has 0 fully saturated rings. The molecule has 0 aromatic heterocycles. The summed E-state index contributed by atoms with van der Waals surface area (Å²) in [6.07, 6.45) is 2.70. The summed E-state index contributed by atoms with van der Waals surface area (Å²) in [6, 6.07) is 5.43. The number of nitro groups is 1. The summed E-state index contributed by atoms with van der Waals surface area (Å²) in [5.41, 5.74) is 20.5. The van der Waals surface area contributed by atoms with Crippen LogP contribution in [0, 0.1) is 10.1 Å². The van der Waals surface area contributed by atoms with E-state index in [9.17, 15) is 10.1 Å². The fraction of sp³-hybridized carbons (Fsp3) is 0.417. The fourth-order valence-corrected chi connectivity index (χ4v) is 1.66. The van der Waals surface area contributed by atoms with Gasteiger partial charge in [-0.25, -0.2) is 15.1 Å². The Morgan fingerprint density at radius 1 is 1.24 bits per heavy atom. The van der Waals surface area contributed by atoms with E-state index in [1.54, 1.807) is 17.6 Å². The molecule has 0 aliphatic carbocycles. The second-order valence-corrected chi connectivity index (χ2v) is 4.47. The van der Waals surface area contributed by atoms with E-state index in [0.29, 0.717) is 17.9 Å². The Morgan fingerprint density at radius 2 is 2.00 bits per heavy atom. The second kappa shape index (κ2) is 8.46. The van der Waals surface area contributed by atoms with Crippen LogP contribution in [-0.4, -0.2) is 24.1 Å². The van der Waals surface area contributed by atoms with Crippen LogP contribution >= 0.6 is 0 Å². The number of hydrazine groups is 1. The third-order valence-corrected chi connectivity index (χ3v) is 2.74. The minimum Gasteiger partial charge on any atom is -0.397 e. The average Bonchev–Trinajstić information content (AvgIpc) is 2.40. The maximum Gasteiger partial charge on any atom is 0.251 e. The van der Waals surface area contributed by atoms with E-state index in [0.717, 1.165) is 31.5 Å². The number of unbranched alkanes of at least 4 members (excludes halogenated alkanes) is 2. The van der Waals surface area contributed by atoms with Crippen LogP contribution in [0.2, 0.25) is 0 Å². The molecule has 1 rings (SSSR count). The van der Waals surface area contributed by atoms with E-state index in [4.69, 9.17) is 17.2 Å². The summed E-state index contributed by atoms with van der Waals surface area (Å²) in [5, 5.41) is 12.6. The van der Waals surface area contributed by atoms with Gasteiger partial charge in [0, 0.05) is 18.8 Å². The molecule has 8 N–H and O–H groups in total. The van der Waals surface area contributed by atoms with Crippen molar-refractivity contribution in [1.82, 2.24) is 5.43 Å². The summed E-state index contributed by atoms with van der Waals surface area (Å²) in [6.45, 7) is 1.26. The molecule has 0 saturated heterocycles. The zero-order valence-corrected chi connectivity index (χ0v) is 11.7. The van der Waals surface area contributed by atoms with Gasteiger partial charge in [-0.15, -0.1) is 0 Å². The summed E-state index contributed by atoms with van der Waals surface area (Å²) in [5.74, 6) is -0.171. The summed E-state index contributed by atoms with van der Waals surface area (Å²) in [4.78, 5) is 13.9. The number of nitrogens with zero attached hydrogens (tertiary/aromatic N) is 2. The van der Waals surface area contributed by atoms with Crippen molar-refractivity contribution < 1.29 is 5.03 Å². The van der Waals surface area contributed by atoms with Crippen molar-refractivity contribution in [2.24, 2.45) is 10.7 Å². The van der Waals surface area contributed by atoms with Crippen molar-refractivity contribution in [3.8, 4) is 0 Å². The molecule has 0 spiro atoms. The van der Waals surface area contributed by atoms with E-state index < -0.39 is 5.03 Å². The lowest BCUT2D eigenvalue weighted by atomic mass is 10.2. The molecule has 0 atom stereocenters. The van der Waals surface area contributed by atoms with Crippen LogP contribution in [0.5, 0.6) is 0 Å². The molecule has 1 aromatic carbocycles. The molecule has 0 unspecified atom stereocenters. The Hall–Kier alpha value is -2.71. The van der Waals surface area contributed by atoms with Crippen LogP contribution in [0.1, 0.15) is 19.3 Å². The van der Waals surface area contributed by atoms with Crippen molar-refractivity contribution in [2.75, 3.05) is 29.9 Å². The zero-order chi connectivity index (χ0) is 15.7. The van der Waals surface area contributed by atoms with Gasteiger partial charge < -0.3 is 22.5 Å². The van der Waals surface area contributed by atoms with Gasteiger partial charge in [0.25, 0.3) is 5.96 Å². The highest BCUT2D eigenvalue weighted by Crippen LogP contribution is 2.19. The first-order chi connectivity index (χ1) is 9.99. The van der Waals surface area contributed by atoms with E-state index in [1.165, 1.54) is 0 Å². The smallest absolute Gasteiger partial charge is 0.251 e. The molecule has 0 heterocycles. The number of guanidine groups is 1. The van der Waals surface area contributed by atoms with Gasteiger partial charge in [0.1, 0.15) is 0 Å². The molecule has 0 radical (unpaired) electrons. The van der Waals surface area contributed by atoms with E-state index in [1.807, 2.05) is 6.07 Å². The largest absolute Gasteiger partial charge is 0.397 e. The van der Waals surface area contributed by atoms with Gasteiger partial charge in [-0.3, -0.25) is 0 Å². The molecular weight excluding hydrogens is 274 g/mol. The molecule has 9 nitrogen and oxygen atoms in total. The number of nitrogens with two attached hydrogens (primary N) is 3. The molecule has 0 aliphatic heterocycles. The number of hydrogen-bond donors (Lipinski definition) is 5. The van der Waals surface area contributed by atoms with Gasteiger partial charge in [-0.05, 0) is 37.5 Å². The van der Waals surface area contributed by atoms with Gasteiger partial charge in [0.15, 0.2) is 5.03 Å². The normalized spacial score (nSPS) is 11.1. The van der Waals surface area contributed by atoms with E-state index in [2.05, 4.69) is 10.3 Å². The predicted octanol–water partition coefficient (Wildman–Crippen LogP) is 0.529.